The smallest absolute Gasteiger partial charge is 0.269 e. The lowest BCUT2D eigenvalue weighted by Crippen LogP contribution is -2.37. The number of carbonyl (C=O) groups is 4. The Morgan fingerprint density at radius 1 is 0.754 bits per heavy atom. The van der Waals surface area contributed by atoms with Gasteiger partial charge in [-0.1, -0.05) is 59.8 Å². The summed E-state index contributed by atoms with van der Waals surface area (Å²) in [6, 6.07) is 17.5. The number of benzene rings is 2. The summed E-state index contributed by atoms with van der Waals surface area (Å²) >= 11 is 5.83. The maximum Gasteiger partial charge on any atom is 0.269 e. The van der Waals surface area contributed by atoms with Crippen molar-refractivity contribution in [3.63, 3.8) is 0 Å². The Morgan fingerprint density at radius 3 is 1.67 bits per heavy atom. The van der Waals surface area contributed by atoms with Crippen molar-refractivity contribution in [1.82, 2.24) is 49.3 Å². The molecule has 57 heavy (non-hydrogen) atoms. The molecule has 6 heterocycles. The number of primary amides is 2. The molecule has 4 aromatic heterocycles. The number of likely N-dealkylation sites (N-methyl/N-ethyl adjacent to an activating group) is 2. The SMILES string of the molecule is C#C[C@]1(O)CCN(C)C1=O.CN1CC[C@@](O)(C#Cc2cc(-n3nc(C(N)=O)c4ccccc43)ncn2)C1=O.NC(=O)c1nn(-c2cc(Cl)ncn2)c2ccccc12. The Balaban J connectivity index is 0.000000162. The predicted octanol–water partition coefficient (Wildman–Crippen LogP) is 0.640. The van der Waals surface area contributed by atoms with Crippen LogP contribution < -0.4 is 11.5 Å². The van der Waals surface area contributed by atoms with E-state index in [1.165, 1.54) is 31.8 Å². The second kappa shape index (κ2) is 15.8. The lowest BCUT2D eigenvalue weighted by Gasteiger charge is -2.13. The van der Waals surface area contributed by atoms with Crippen LogP contribution in [0.4, 0.5) is 0 Å². The first-order valence-corrected chi connectivity index (χ1v) is 17.4. The number of amides is 4. The molecule has 0 saturated carbocycles. The fourth-order valence-electron chi connectivity index (χ4n) is 5.94. The van der Waals surface area contributed by atoms with Crippen LogP contribution in [0.3, 0.4) is 0 Å². The summed E-state index contributed by atoms with van der Waals surface area (Å²) < 4.78 is 2.99. The van der Waals surface area contributed by atoms with Crippen molar-refractivity contribution in [3.05, 3.63) is 95.6 Å². The van der Waals surface area contributed by atoms with Gasteiger partial charge in [-0.25, -0.2) is 29.3 Å². The third-order valence-corrected chi connectivity index (χ3v) is 9.21. The molecule has 8 rings (SSSR count). The number of para-hydroxylation sites is 2. The minimum Gasteiger partial charge on any atom is -0.369 e. The average Bonchev–Trinajstić information content (AvgIpc) is 3.94. The van der Waals surface area contributed by atoms with E-state index in [9.17, 15) is 29.4 Å². The van der Waals surface area contributed by atoms with Crippen molar-refractivity contribution in [3.8, 4) is 35.8 Å². The molecule has 0 bridgehead atoms. The number of aliphatic hydroxyl groups is 2. The van der Waals surface area contributed by atoms with Crippen molar-refractivity contribution in [2.24, 2.45) is 11.5 Å². The second-order valence-electron chi connectivity index (χ2n) is 12.8. The molecule has 288 valence electrons. The van der Waals surface area contributed by atoms with E-state index in [-0.39, 0.29) is 23.7 Å². The van der Waals surface area contributed by atoms with Gasteiger partial charge in [0, 0.05) is 62.9 Å². The molecule has 6 N–H and O–H groups in total. The summed E-state index contributed by atoms with van der Waals surface area (Å²) in [7, 11) is 3.24. The molecule has 4 amide bonds. The number of nitrogens with two attached hydrogens (primary N) is 2. The minimum atomic E-state index is -1.71. The van der Waals surface area contributed by atoms with E-state index in [4.69, 9.17) is 29.5 Å². The molecule has 6 aromatic rings. The van der Waals surface area contributed by atoms with Crippen LogP contribution >= 0.6 is 11.6 Å². The Kier molecular flexibility index (Phi) is 11.0. The number of terminal acetylenes is 1. The summed E-state index contributed by atoms with van der Waals surface area (Å²) in [5, 5.41) is 29.8. The number of halogens is 1. The van der Waals surface area contributed by atoms with Gasteiger partial charge >= 0.3 is 0 Å². The van der Waals surface area contributed by atoms with Gasteiger partial charge in [-0.3, -0.25) is 19.2 Å². The van der Waals surface area contributed by atoms with Gasteiger partial charge in [0.25, 0.3) is 23.6 Å². The zero-order valence-electron chi connectivity index (χ0n) is 30.4. The Labute approximate surface area is 329 Å². The summed E-state index contributed by atoms with van der Waals surface area (Å²) in [5.74, 6) is 6.26. The highest BCUT2D eigenvalue weighted by molar-refractivity contribution is 6.29. The standard InChI is InChI=1S/C19H16N6O3.C12H8ClN5O.C7H9NO2/c1-24-9-8-19(28,18(24)27)7-6-12-10-15(22-11-21-12)25-14-5-3-2-4-13(14)16(23-25)17(20)26;13-9-5-10(16-6-15-9)18-8-4-2-1-3-7(8)11(17-18)12(14)19;1-3-7(10)4-5-8(2)6(7)9/h2-5,10-11,28H,8-9H2,1H3,(H2,20,26);1-6H,(H2,14,19);1,10H,4-5H2,2H3/t19-;;7-/m0.0/s1. The van der Waals surface area contributed by atoms with Gasteiger partial charge in [-0.05, 0) is 18.1 Å². The van der Waals surface area contributed by atoms with Crippen LogP contribution in [0.2, 0.25) is 5.15 Å². The Bertz CT molecular complexity index is 2680. The molecule has 0 radical (unpaired) electrons. The molecule has 2 fully saturated rings. The fourth-order valence-corrected chi connectivity index (χ4v) is 6.08. The quantitative estimate of drug-likeness (QED) is 0.142. The molecule has 19 heteroatoms. The van der Waals surface area contributed by atoms with Gasteiger partial charge in [0.05, 0.1) is 11.0 Å². The summed E-state index contributed by atoms with van der Waals surface area (Å²) in [5.41, 5.74) is 9.54. The van der Waals surface area contributed by atoms with Crippen molar-refractivity contribution in [2.45, 2.75) is 24.0 Å². The summed E-state index contributed by atoms with van der Waals surface area (Å²) in [6.45, 7) is 0.980. The zero-order valence-corrected chi connectivity index (χ0v) is 31.1. The lowest BCUT2D eigenvalue weighted by molar-refractivity contribution is -0.138. The number of aromatic nitrogens is 8. The van der Waals surface area contributed by atoms with Crippen LogP contribution in [-0.4, -0.2) is 122 Å². The highest BCUT2D eigenvalue weighted by Crippen LogP contribution is 2.24. The van der Waals surface area contributed by atoms with Crippen molar-refractivity contribution in [2.75, 3.05) is 27.2 Å². The molecule has 0 unspecified atom stereocenters. The van der Waals surface area contributed by atoms with Crippen LogP contribution in [0.1, 0.15) is 39.5 Å². The maximum atomic E-state index is 12.0. The van der Waals surface area contributed by atoms with Crippen LogP contribution in [0.25, 0.3) is 33.4 Å². The van der Waals surface area contributed by atoms with E-state index in [1.807, 2.05) is 24.3 Å². The van der Waals surface area contributed by atoms with Crippen molar-refractivity contribution >= 4 is 57.0 Å². The number of hydrogen-bond acceptors (Lipinski definition) is 12. The zero-order chi connectivity index (χ0) is 41.1. The summed E-state index contributed by atoms with van der Waals surface area (Å²) in [4.78, 5) is 65.1. The topological polar surface area (TPSA) is 254 Å². The predicted molar refractivity (Wildman–Crippen MR) is 205 cm³/mol. The molecule has 2 saturated heterocycles. The highest BCUT2D eigenvalue weighted by atomic mass is 35.5. The Hall–Kier alpha value is -7.25. The van der Waals surface area contributed by atoms with Gasteiger partial charge < -0.3 is 31.5 Å². The van der Waals surface area contributed by atoms with E-state index in [1.54, 1.807) is 50.5 Å². The molecule has 2 aliphatic rings. The number of rotatable bonds is 4. The highest BCUT2D eigenvalue weighted by Gasteiger charge is 2.43. The molecule has 2 atom stereocenters. The van der Waals surface area contributed by atoms with E-state index >= 15 is 0 Å². The van der Waals surface area contributed by atoms with Crippen LogP contribution in [0.15, 0.2) is 73.3 Å². The molecule has 2 aliphatic heterocycles. The largest absolute Gasteiger partial charge is 0.369 e. The fraction of sp³-hybridized carbons (Fsp3) is 0.211. The maximum absolute atomic E-state index is 12.0. The van der Waals surface area contributed by atoms with Gasteiger partial charge in [-0.15, -0.1) is 6.42 Å². The van der Waals surface area contributed by atoms with Crippen molar-refractivity contribution in [1.29, 1.82) is 0 Å². The molecular formula is C38H33ClN12O6. The molecule has 0 spiro atoms. The molecule has 2 aromatic carbocycles. The number of likely N-dealkylation sites (tertiary alicyclic amines) is 2. The van der Waals surface area contributed by atoms with Gasteiger partial charge in [-0.2, -0.15) is 10.2 Å². The summed E-state index contributed by atoms with van der Waals surface area (Å²) in [6.07, 6.45) is 8.18. The first kappa shape index (κ1) is 39.4. The Morgan fingerprint density at radius 2 is 1.23 bits per heavy atom. The van der Waals surface area contributed by atoms with Gasteiger partial charge in [0.15, 0.2) is 23.0 Å². The third-order valence-electron chi connectivity index (χ3n) is 9.00. The molecule has 18 nitrogen and oxygen atoms in total. The van der Waals surface area contributed by atoms with Crippen LogP contribution in [0.5, 0.6) is 0 Å². The van der Waals surface area contributed by atoms with Crippen molar-refractivity contribution < 1.29 is 29.4 Å². The number of fused-ring (bicyclic) bond motifs is 2. The van der Waals surface area contributed by atoms with E-state index in [2.05, 4.69) is 47.9 Å². The van der Waals surface area contributed by atoms with Crippen LogP contribution in [0, 0.1) is 24.2 Å². The van der Waals surface area contributed by atoms with Crippen LogP contribution in [-0.2, 0) is 9.59 Å². The lowest BCUT2D eigenvalue weighted by atomic mass is 10.0. The number of hydrogen-bond donors (Lipinski definition) is 4. The molecular weight excluding hydrogens is 756 g/mol. The normalized spacial score (nSPS) is 18.6. The number of carbonyl (C=O) groups excluding carboxylic acids is 4. The molecule has 0 aliphatic carbocycles. The minimum absolute atomic E-state index is 0.135. The number of nitrogens with zero attached hydrogens (tertiary/aromatic N) is 10. The van der Waals surface area contributed by atoms with E-state index in [0.717, 1.165) is 5.52 Å². The van der Waals surface area contributed by atoms with Gasteiger partial charge in [0.2, 0.25) is 11.2 Å². The van der Waals surface area contributed by atoms with E-state index < -0.39 is 28.9 Å². The average molecular weight is 789 g/mol. The first-order valence-electron chi connectivity index (χ1n) is 17.0. The first-order chi connectivity index (χ1) is 27.2. The third kappa shape index (κ3) is 7.95. The second-order valence-corrected chi connectivity index (χ2v) is 13.2. The van der Waals surface area contributed by atoms with Gasteiger partial charge in [0.1, 0.15) is 23.5 Å². The monoisotopic (exact) mass is 788 g/mol. The van der Waals surface area contributed by atoms with E-state index in [0.29, 0.717) is 58.3 Å².